The summed E-state index contributed by atoms with van der Waals surface area (Å²) in [6.45, 7) is 5.65. The van der Waals surface area contributed by atoms with Crippen molar-refractivity contribution in [2.45, 2.75) is 13.8 Å². The number of likely N-dealkylation sites (tertiary alicyclic amines) is 1. The molecule has 4 aromatic rings. The first kappa shape index (κ1) is 24.9. The minimum Gasteiger partial charge on any atom is -0.508 e. The average molecular weight is 520 g/mol. The van der Waals surface area contributed by atoms with Gasteiger partial charge in [-0.05, 0) is 73.0 Å². The molecule has 0 aliphatic carbocycles. The first-order chi connectivity index (χ1) is 17.7. The quantitative estimate of drug-likeness (QED) is 0.292. The van der Waals surface area contributed by atoms with Crippen molar-refractivity contribution in [2.24, 2.45) is 5.92 Å². The molecule has 190 valence electrons. The van der Waals surface area contributed by atoms with Gasteiger partial charge in [0.2, 0.25) is 5.78 Å². The lowest BCUT2D eigenvalue weighted by Gasteiger charge is -2.36. The Kier molecular flexibility index (Phi) is 6.70. The smallest absolute Gasteiger partial charge is 0.309 e. The Morgan fingerprint density at radius 3 is 2.38 bits per heavy atom. The summed E-state index contributed by atoms with van der Waals surface area (Å²) < 4.78 is 20.5. The Morgan fingerprint density at radius 1 is 1.05 bits per heavy atom. The molecule has 8 heteroatoms. The SMILES string of the molecule is Cc1cc(F)cc(C)c1C(=O)c1sc2cc(O)ccc2c1-c1ccc(OCCN2CC(C(=O)O)C2)cc1. The number of rotatable bonds is 8. The van der Waals surface area contributed by atoms with Crippen LogP contribution in [0, 0.1) is 25.6 Å². The number of fused-ring (bicyclic) bond motifs is 1. The average Bonchev–Trinajstić information content (AvgIpc) is 3.18. The van der Waals surface area contributed by atoms with Crippen LogP contribution >= 0.6 is 11.3 Å². The third-order valence-electron chi connectivity index (χ3n) is 6.73. The molecule has 1 fully saturated rings. The summed E-state index contributed by atoms with van der Waals surface area (Å²) in [4.78, 5) is 27.3. The van der Waals surface area contributed by atoms with E-state index in [1.54, 1.807) is 32.0 Å². The molecule has 37 heavy (non-hydrogen) atoms. The minimum absolute atomic E-state index is 0.120. The van der Waals surface area contributed by atoms with E-state index in [9.17, 15) is 19.1 Å². The van der Waals surface area contributed by atoms with Gasteiger partial charge < -0.3 is 14.9 Å². The molecule has 5 rings (SSSR count). The lowest BCUT2D eigenvalue weighted by atomic mass is 9.94. The molecule has 0 unspecified atom stereocenters. The standard InChI is InChI=1S/C29H26FNO5S/c1-16-11-20(30)12-17(2)25(16)27(33)28-26(23-8-5-21(32)13-24(23)37-28)18-3-6-22(7-4-18)36-10-9-31-14-19(15-31)29(34)35/h3-8,11-13,19,32H,9-10,14-15H2,1-2H3,(H,34,35). The van der Waals surface area contributed by atoms with Gasteiger partial charge in [0.25, 0.3) is 0 Å². The van der Waals surface area contributed by atoms with E-state index in [-0.39, 0.29) is 23.3 Å². The fraction of sp³-hybridized carbons (Fsp3) is 0.241. The van der Waals surface area contributed by atoms with Crippen molar-refractivity contribution in [3.05, 3.63) is 82.0 Å². The molecule has 3 aromatic carbocycles. The Labute approximate surface area is 217 Å². The van der Waals surface area contributed by atoms with Crippen LogP contribution in [-0.4, -0.2) is 53.1 Å². The van der Waals surface area contributed by atoms with Crippen molar-refractivity contribution in [1.29, 1.82) is 0 Å². The number of carbonyl (C=O) groups excluding carboxylic acids is 1. The zero-order valence-corrected chi connectivity index (χ0v) is 21.3. The highest BCUT2D eigenvalue weighted by Crippen LogP contribution is 2.42. The van der Waals surface area contributed by atoms with Crippen LogP contribution < -0.4 is 4.74 Å². The summed E-state index contributed by atoms with van der Waals surface area (Å²) in [5.41, 5.74) is 3.23. The summed E-state index contributed by atoms with van der Waals surface area (Å²) in [6, 6.07) is 15.3. The van der Waals surface area contributed by atoms with E-state index in [1.807, 2.05) is 29.2 Å². The third-order valence-corrected chi connectivity index (χ3v) is 7.88. The second kappa shape index (κ2) is 9.95. The second-order valence-corrected chi connectivity index (χ2v) is 10.5. The Morgan fingerprint density at radius 2 is 1.73 bits per heavy atom. The van der Waals surface area contributed by atoms with Crippen LogP contribution in [0.25, 0.3) is 21.2 Å². The van der Waals surface area contributed by atoms with Gasteiger partial charge >= 0.3 is 5.97 Å². The van der Waals surface area contributed by atoms with Gasteiger partial charge in [-0.2, -0.15) is 0 Å². The zero-order valence-electron chi connectivity index (χ0n) is 20.5. The number of thiophene rings is 1. The van der Waals surface area contributed by atoms with Gasteiger partial charge in [0.1, 0.15) is 23.9 Å². The Hall–Kier alpha value is -3.75. The van der Waals surface area contributed by atoms with Crippen LogP contribution in [0.1, 0.15) is 26.4 Å². The van der Waals surface area contributed by atoms with Crippen LogP contribution in [0.4, 0.5) is 4.39 Å². The number of carboxylic acid groups (broad SMARTS) is 1. The number of ketones is 1. The number of carboxylic acids is 1. The Bertz CT molecular complexity index is 1480. The maximum atomic E-state index is 13.9. The van der Waals surface area contributed by atoms with E-state index in [2.05, 4.69) is 0 Å². The molecule has 0 radical (unpaired) electrons. The van der Waals surface area contributed by atoms with Crippen molar-refractivity contribution < 1.29 is 28.9 Å². The highest BCUT2D eigenvalue weighted by Gasteiger charge is 2.32. The Balaban J connectivity index is 1.42. The number of ether oxygens (including phenoxy) is 1. The highest BCUT2D eigenvalue weighted by atomic mass is 32.1. The van der Waals surface area contributed by atoms with Crippen molar-refractivity contribution in [2.75, 3.05) is 26.2 Å². The number of phenols is 1. The number of hydrogen-bond donors (Lipinski definition) is 2. The summed E-state index contributed by atoms with van der Waals surface area (Å²) in [5.74, 6) is -0.810. The molecule has 1 saturated heterocycles. The van der Waals surface area contributed by atoms with Gasteiger partial charge in [-0.15, -0.1) is 11.3 Å². The van der Waals surface area contributed by atoms with Crippen LogP contribution in [0.5, 0.6) is 11.5 Å². The zero-order chi connectivity index (χ0) is 26.3. The molecule has 1 aliphatic rings. The first-order valence-electron chi connectivity index (χ1n) is 12.0. The molecule has 2 N–H and O–H groups in total. The van der Waals surface area contributed by atoms with E-state index >= 15 is 0 Å². The van der Waals surface area contributed by atoms with Crippen LogP contribution in [0.2, 0.25) is 0 Å². The molecule has 0 atom stereocenters. The molecule has 0 spiro atoms. The second-order valence-electron chi connectivity index (χ2n) is 9.40. The van der Waals surface area contributed by atoms with E-state index < -0.39 is 5.97 Å². The fourth-order valence-corrected chi connectivity index (χ4v) is 6.04. The van der Waals surface area contributed by atoms with Gasteiger partial charge in [-0.25, -0.2) is 4.39 Å². The van der Waals surface area contributed by atoms with Crippen LogP contribution in [0.15, 0.2) is 54.6 Å². The van der Waals surface area contributed by atoms with Crippen molar-refractivity contribution in [3.63, 3.8) is 0 Å². The summed E-state index contributed by atoms with van der Waals surface area (Å²) in [6.07, 6.45) is 0. The maximum Gasteiger partial charge on any atom is 0.309 e. The molecule has 2 heterocycles. The number of carbonyl (C=O) groups is 2. The lowest BCUT2D eigenvalue weighted by Crippen LogP contribution is -2.51. The topological polar surface area (TPSA) is 87.1 Å². The molecule has 6 nitrogen and oxygen atoms in total. The predicted molar refractivity (Wildman–Crippen MR) is 141 cm³/mol. The number of aryl methyl sites for hydroxylation is 2. The predicted octanol–water partition coefficient (Wildman–Crippen LogP) is 5.66. The van der Waals surface area contributed by atoms with Gasteiger partial charge in [0.05, 0.1) is 10.8 Å². The van der Waals surface area contributed by atoms with Crippen molar-refractivity contribution >= 4 is 33.2 Å². The third kappa shape index (κ3) is 4.95. The monoisotopic (exact) mass is 519 g/mol. The number of phenolic OH excluding ortho intramolecular Hbond substituents is 1. The molecule has 1 aliphatic heterocycles. The first-order valence-corrected chi connectivity index (χ1v) is 12.8. The molecular weight excluding hydrogens is 493 g/mol. The minimum atomic E-state index is -0.758. The summed E-state index contributed by atoms with van der Waals surface area (Å²) >= 11 is 1.31. The highest BCUT2D eigenvalue weighted by molar-refractivity contribution is 7.21. The molecule has 0 bridgehead atoms. The van der Waals surface area contributed by atoms with Gasteiger partial charge in [-0.3, -0.25) is 14.5 Å². The number of nitrogens with zero attached hydrogens (tertiary/aromatic N) is 1. The van der Waals surface area contributed by atoms with Crippen LogP contribution in [0.3, 0.4) is 0 Å². The maximum absolute atomic E-state index is 13.9. The number of aliphatic carboxylic acids is 1. The van der Waals surface area contributed by atoms with Crippen molar-refractivity contribution in [3.8, 4) is 22.6 Å². The van der Waals surface area contributed by atoms with E-state index in [4.69, 9.17) is 9.84 Å². The van der Waals surface area contributed by atoms with Gasteiger partial charge in [-0.1, -0.05) is 12.1 Å². The molecular formula is C29H26FNO5S. The fourth-order valence-electron chi connectivity index (χ4n) is 4.83. The number of hydrogen-bond acceptors (Lipinski definition) is 6. The molecule has 0 saturated carbocycles. The number of halogens is 1. The lowest BCUT2D eigenvalue weighted by molar-refractivity contribution is -0.147. The molecule has 1 aromatic heterocycles. The van der Waals surface area contributed by atoms with Crippen molar-refractivity contribution in [1.82, 2.24) is 4.90 Å². The van der Waals surface area contributed by atoms with Gasteiger partial charge in [0.15, 0.2) is 0 Å². The summed E-state index contributed by atoms with van der Waals surface area (Å²) in [7, 11) is 0. The van der Waals surface area contributed by atoms with Gasteiger partial charge in [0, 0.05) is 40.8 Å². The largest absolute Gasteiger partial charge is 0.508 e. The molecule has 0 amide bonds. The number of aromatic hydroxyl groups is 1. The van der Waals surface area contributed by atoms with Crippen LogP contribution in [-0.2, 0) is 4.79 Å². The van der Waals surface area contributed by atoms with E-state index in [0.29, 0.717) is 53.6 Å². The summed E-state index contributed by atoms with van der Waals surface area (Å²) in [5, 5.41) is 19.9. The van der Waals surface area contributed by atoms with E-state index in [0.717, 1.165) is 21.2 Å². The normalized spacial score (nSPS) is 14.0. The number of benzene rings is 3. The van der Waals surface area contributed by atoms with E-state index in [1.165, 1.54) is 23.5 Å².